The van der Waals surface area contributed by atoms with Crippen LogP contribution in [0.2, 0.25) is 0 Å². The third-order valence-corrected chi connectivity index (χ3v) is 6.16. The second-order valence-electron chi connectivity index (χ2n) is 9.13. The van der Waals surface area contributed by atoms with Crippen molar-refractivity contribution in [3.8, 4) is 11.5 Å². The summed E-state index contributed by atoms with van der Waals surface area (Å²) in [6, 6.07) is 17.3. The zero-order valence-corrected chi connectivity index (χ0v) is 22.6. The average molecular weight is 544 g/mol. The molecule has 2 aromatic carbocycles. The van der Waals surface area contributed by atoms with Crippen molar-refractivity contribution in [2.45, 2.75) is 25.7 Å². The smallest absolute Gasteiger partial charge is 0.332 e. The minimum atomic E-state index is -0.728. The molecule has 0 spiro atoms. The lowest BCUT2D eigenvalue weighted by molar-refractivity contribution is 0.0740. The number of rotatable bonds is 12. The Morgan fingerprint density at radius 3 is 2.37 bits per heavy atom. The molecule has 0 bridgehead atoms. The number of para-hydroxylation sites is 2. The lowest BCUT2D eigenvalue weighted by atomic mass is 10.2. The molecule has 1 N–H and O–H groups in total. The molecule has 4 rings (SSSR count). The number of benzene rings is 2. The maximum Gasteiger partial charge on any atom is 0.332 e. The van der Waals surface area contributed by atoms with E-state index in [1.165, 1.54) is 15.5 Å². The van der Waals surface area contributed by atoms with Crippen LogP contribution in [-0.4, -0.2) is 61.5 Å². The van der Waals surface area contributed by atoms with Crippen LogP contribution in [0, 0.1) is 0 Å². The minimum Gasteiger partial charge on any atom is -0.487 e. The molecule has 1 atom stereocenters. The van der Waals surface area contributed by atoms with Crippen molar-refractivity contribution >= 4 is 23.6 Å². The summed E-state index contributed by atoms with van der Waals surface area (Å²) in [7, 11) is 5.23. The Labute approximate surface area is 227 Å². The third-order valence-electron chi connectivity index (χ3n) is 6.16. The standard InChI is InChI=1S/C27H33N5O5.ClH/c1-29(14-9-15-32-26(34)24-25(28-19-30(24)2)31(3)27(32)35)16-21(33)18-37-23-13-8-7-12-22(23)36-17-20-10-5-4-6-11-20;/h4-8,10-13,19,21,33H,9,14-18H2,1-3H3;1H. The molecule has 38 heavy (non-hydrogen) atoms. The fraction of sp³-hybridized carbons (Fsp3) is 0.370. The largest absolute Gasteiger partial charge is 0.487 e. The van der Waals surface area contributed by atoms with Crippen LogP contribution in [0.15, 0.2) is 70.5 Å². The van der Waals surface area contributed by atoms with E-state index in [9.17, 15) is 14.7 Å². The molecular formula is C27H34ClN5O5. The summed E-state index contributed by atoms with van der Waals surface area (Å²) in [5.41, 5.74) is 1.10. The Morgan fingerprint density at radius 1 is 1.00 bits per heavy atom. The van der Waals surface area contributed by atoms with Crippen LogP contribution in [0.3, 0.4) is 0 Å². The van der Waals surface area contributed by atoms with E-state index in [2.05, 4.69) is 4.98 Å². The lowest BCUT2D eigenvalue weighted by Gasteiger charge is -2.21. The number of fused-ring (bicyclic) bond motifs is 1. The Balaban J connectivity index is 0.00000400. The van der Waals surface area contributed by atoms with Crippen LogP contribution in [0.5, 0.6) is 11.5 Å². The highest BCUT2D eigenvalue weighted by Crippen LogP contribution is 2.27. The molecule has 0 radical (unpaired) electrons. The number of hydrogen-bond acceptors (Lipinski definition) is 7. The number of hydrogen-bond donors (Lipinski definition) is 1. The van der Waals surface area contributed by atoms with E-state index in [1.54, 1.807) is 18.7 Å². The van der Waals surface area contributed by atoms with Gasteiger partial charge in [0.1, 0.15) is 19.3 Å². The molecule has 0 saturated heterocycles. The Bertz CT molecular complexity index is 1450. The number of aryl methyl sites for hydroxylation is 2. The Hall–Kier alpha value is -3.60. The summed E-state index contributed by atoms with van der Waals surface area (Å²) in [4.78, 5) is 31.6. The van der Waals surface area contributed by atoms with Gasteiger partial charge in [-0.1, -0.05) is 42.5 Å². The summed E-state index contributed by atoms with van der Waals surface area (Å²) < 4.78 is 16.0. The summed E-state index contributed by atoms with van der Waals surface area (Å²) >= 11 is 0. The summed E-state index contributed by atoms with van der Waals surface area (Å²) in [6.45, 7) is 1.77. The Kier molecular flexibility index (Phi) is 10.1. The van der Waals surface area contributed by atoms with Crippen molar-refractivity contribution in [3.05, 3.63) is 87.3 Å². The molecule has 11 heteroatoms. The molecule has 0 fully saturated rings. The number of aromatic nitrogens is 4. The highest BCUT2D eigenvalue weighted by molar-refractivity contribution is 5.85. The molecule has 0 aliphatic carbocycles. The van der Waals surface area contributed by atoms with Gasteiger partial charge < -0.3 is 24.0 Å². The number of nitrogens with zero attached hydrogens (tertiary/aromatic N) is 5. The molecule has 0 aliphatic heterocycles. The van der Waals surface area contributed by atoms with Crippen molar-refractivity contribution in [2.75, 3.05) is 26.7 Å². The van der Waals surface area contributed by atoms with Crippen molar-refractivity contribution in [1.29, 1.82) is 0 Å². The normalized spacial score (nSPS) is 11.9. The van der Waals surface area contributed by atoms with Gasteiger partial charge in [-0.3, -0.25) is 13.9 Å². The van der Waals surface area contributed by atoms with Gasteiger partial charge in [-0.15, -0.1) is 12.4 Å². The first-order valence-electron chi connectivity index (χ1n) is 12.2. The van der Waals surface area contributed by atoms with E-state index < -0.39 is 6.10 Å². The van der Waals surface area contributed by atoms with E-state index in [0.29, 0.717) is 48.8 Å². The van der Waals surface area contributed by atoms with E-state index in [0.717, 1.165) is 5.56 Å². The highest BCUT2D eigenvalue weighted by atomic mass is 35.5. The van der Waals surface area contributed by atoms with Crippen molar-refractivity contribution < 1.29 is 14.6 Å². The van der Waals surface area contributed by atoms with Crippen LogP contribution in [-0.2, 0) is 27.2 Å². The quantitative estimate of drug-likeness (QED) is 0.292. The topological polar surface area (TPSA) is 104 Å². The first-order valence-corrected chi connectivity index (χ1v) is 12.2. The van der Waals surface area contributed by atoms with Gasteiger partial charge in [-0.05, 0) is 37.7 Å². The number of halogens is 1. The zero-order valence-electron chi connectivity index (χ0n) is 21.8. The van der Waals surface area contributed by atoms with E-state index in [1.807, 2.05) is 66.5 Å². The van der Waals surface area contributed by atoms with Crippen LogP contribution >= 0.6 is 12.4 Å². The third kappa shape index (κ3) is 6.83. The number of aliphatic hydroxyl groups is 1. The van der Waals surface area contributed by atoms with Gasteiger partial charge in [-0.2, -0.15) is 0 Å². The van der Waals surface area contributed by atoms with Crippen LogP contribution < -0.4 is 20.7 Å². The van der Waals surface area contributed by atoms with Crippen LogP contribution in [0.4, 0.5) is 0 Å². The van der Waals surface area contributed by atoms with E-state index >= 15 is 0 Å². The molecule has 204 valence electrons. The second-order valence-corrected chi connectivity index (χ2v) is 9.13. The van der Waals surface area contributed by atoms with E-state index in [4.69, 9.17) is 9.47 Å². The molecule has 4 aromatic rings. The summed E-state index contributed by atoms with van der Waals surface area (Å²) in [5.74, 6) is 1.19. The van der Waals surface area contributed by atoms with E-state index in [-0.39, 0.29) is 36.8 Å². The Morgan fingerprint density at radius 2 is 1.66 bits per heavy atom. The maximum absolute atomic E-state index is 12.8. The molecule has 1 unspecified atom stereocenters. The second kappa shape index (κ2) is 13.3. The monoisotopic (exact) mass is 543 g/mol. The number of likely N-dealkylation sites (N-methyl/N-ethyl adjacent to an activating group) is 1. The zero-order chi connectivity index (χ0) is 26.4. The van der Waals surface area contributed by atoms with Crippen molar-refractivity contribution in [1.82, 2.24) is 23.6 Å². The molecule has 0 amide bonds. The number of ether oxygens (including phenoxy) is 2. The molecular weight excluding hydrogens is 510 g/mol. The fourth-order valence-electron chi connectivity index (χ4n) is 4.21. The van der Waals surface area contributed by atoms with Gasteiger partial charge >= 0.3 is 5.69 Å². The number of aliphatic hydroxyl groups excluding tert-OH is 1. The van der Waals surface area contributed by atoms with Gasteiger partial charge in [0.2, 0.25) is 0 Å². The minimum absolute atomic E-state index is 0. The van der Waals surface area contributed by atoms with Gasteiger partial charge in [-0.25, -0.2) is 9.78 Å². The van der Waals surface area contributed by atoms with Gasteiger partial charge in [0.05, 0.1) is 6.33 Å². The lowest BCUT2D eigenvalue weighted by Crippen LogP contribution is -2.40. The van der Waals surface area contributed by atoms with Gasteiger partial charge in [0, 0.05) is 27.2 Å². The molecule has 10 nitrogen and oxygen atoms in total. The molecule has 0 aliphatic rings. The van der Waals surface area contributed by atoms with Crippen molar-refractivity contribution in [2.24, 2.45) is 14.1 Å². The van der Waals surface area contributed by atoms with Crippen molar-refractivity contribution in [3.63, 3.8) is 0 Å². The van der Waals surface area contributed by atoms with Crippen LogP contribution in [0.25, 0.3) is 11.2 Å². The summed E-state index contributed by atoms with van der Waals surface area (Å²) in [6.07, 6.45) is 1.37. The highest BCUT2D eigenvalue weighted by Gasteiger charge is 2.16. The predicted molar refractivity (Wildman–Crippen MR) is 148 cm³/mol. The molecule has 2 heterocycles. The first kappa shape index (κ1) is 29.0. The molecule has 2 aromatic heterocycles. The number of imidazole rings is 1. The predicted octanol–water partition coefficient (Wildman–Crippen LogP) is 2.20. The summed E-state index contributed by atoms with van der Waals surface area (Å²) in [5, 5.41) is 10.5. The maximum atomic E-state index is 12.8. The van der Waals surface area contributed by atoms with Gasteiger partial charge in [0.25, 0.3) is 5.56 Å². The SMILES string of the molecule is CN(CCCn1c(=O)c2c(ncn2C)n(C)c1=O)CC(O)COc1ccccc1OCc1ccccc1.Cl. The van der Waals surface area contributed by atoms with Gasteiger partial charge in [0.15, 0.2) is 22.7 Å². The molecule has 0 saturated carbocycles. The first-order chi connectivity index (χ1) is 17.8. The fourth-order valence-corrected chi connectivity index (χ4v) is 4.21. The van der Waals surface area contributed by atoms with Crippen LogP contribution in [0.1, 0.15) is 12.0 Å². The average Bonchev–Trinajstić information content (AvgIpc) is 3.29.